The fraction of sp³-hybridized carbons (Fsp3) is 0.300. The maximum Gasteiger partial charge on any atom is 0.250 e. The van der Waals surface area contributed by atoms with Gasteiger partial charge in [0.1, 0.15) is 5.82 Å². The highest BCUT2D eigenvalue weighted by Gasteiger charge is 2.20. The molecule has 6 nitrogen and oxygen atoms in total. The first kappa shape index (κ1) is 19.0. The van der Waals surface area contributed by atoms with E-state index in [-0.39, 0.29) is 18.3 Å². The first-order chi connectivity index (χ1) is 13.0. The topological polar surface area (TPSA) is 78.7 Å². The van der Waals surface area contributed by atoms with E-state index in [4.69, 9.17) is 5.73 Å². The number of nitrogens with two attached hydrogens (primary N) is 1. The molecule has 1 aliphatic heterocycles. The second-order valence-corrected chi connectivity index (χ2v) is 6.60. The van der Waals surface area contributed by atoms with Crippen LogP contribution in [0.3, 0.4) is 0 Å². The van der Waals surface area contributed by atoms with Gasteiger partial charge in [-0.3, -0.25) is 19.4 Å². The number of carbonyl (C=O) groups is 2. The summed E-state index contributed by atoms with van der Waals surface area (Å²) in [5.41, 5.74) is 6.73. The quantitative estimate of drug-likeness (QED) is 0.811. The lowest BCUT2D eigenvalue weighted by Gasteiger charge is -2.34. The summed E-state index contributed by atoms with van der Waals surface area (Å²) in [4.78, 5) is 28.0. The summed E-state index contributed by atoms with van der Waals surface area (Å²) in [6.45, 7) is 3.77. The number of halogens is 1. The molecule has 0 radical (unpaired) electrons. The van der Waals surface area contributed by atoms with Crippen LogP contribution < -0.4 is 11.1 Å². The zero-order chi connectivity index (χ0) is 19.2. The third kappa shape index (κ3) is 5.12. The van der Waals surface area contributed by atoms with Gasteiger partial charge in [0.2, 0.25) is 5.91 Å². The van der Waals surface area contributed by atoms with Crippen LogP contribution in [0.5, 0.6) is 0 Å². The Labute approximate surface area is 157 Å². The first-order valence-corrected chi connectivity index (χ1v) is 8.90. The molecule has 1 aliphatic rings. The van der Waals surface area contributed by atoms with E-state index in [1.807, 2.05) is 11.0 Å². The van der Waals surface area contributed by atoms with Gasteiger partial charge in [0.25, 0.3) is 5.91 Å². The summed E-state index contributed by atoms with van der Waals surface area (Å²) in [6, 6.07) is 13.5. The van der Waals surface area contributed by atoms with Crippen LogP contribution in [0, 0.1) is 5.82 Å². The number of benzene rings is 2. The van der Waals surface area contributed by atoms with Gasteiger partial charge in [0, 0.05) is 38.3 Å². The third-order valence-corrected chi connectivity index (χ3v) is 4.65. The van der Waals surface area contributed by atoms with Crippen molar-refractivity contribution in [3.8, 4) is 0 Å². The third-order valence-electron chi connectivity index (χ3n) is 4.65. The molecule has 2 amide bonds. The Hall–Kier alpha value is -2.77. The second kappa shape index (κ2) is 8.75. The summed E-state index contributed by atoms with van der Waals surface area (Å²) in [6.07, 6.45) is 0. The Morgan fingerprint density at radius 1 is 0.963 bits per heavy atom. The molecule has 1 heterocycles. The van der Waals surface area contributed by atoms with Crippen LogP contribution in [0.2, 0.25) is 0 Å². The highest BCUT2D eigenvalue weighted by atomic mass is 19.1. The van der Waals surface area contributed by atoms with E-state index < -0.39 is 5.91 Å². The number of piperazine rings is 1. The summed E-state index contributed by atoms with van der Waals surface area (Å²) >= 11 is 0. The van der Waals surface area contributed by atoms with Crippen LogP contribution in [-0.2, 0) is 11.3 Å². The molecule has 3 rings (SSSR count). The number of hydrogen-bond donors (Lipinski definition) is 2. The van der Waals surface area contributed by atoms with Crippen LogP contribution in [0.1, 0.15) is 15.9 Å². The summed E-state index contributed by atoms with van der Waals surface area (Å²) in [7, 11) is 0. The normalized spacial score (nSPS) is 15.4. The fourth-order valence-corrected chi connectivity index (χ4v) is 3.17. The van der Waals surface area contributed by atoms with Crippen molar-refractivity contribution in [1.82, 2.24) is 9.80 Å². The number of primary amides is 1. The minimum Gasteiger partial charge on any atom is -0.366 e. The average molecular weight is 370 g/mol. The maximum absolute atomic E-state index is 13.8. The van der Waals surface area contributed by atoms with Crippen molar-refractivity contribution in [2.75, 3.05) is 38.0 Å². The predicted octanol–water partition coefficient (Wildman–Crippen LogP) is 1.68. The number of amides is 2. The molecule has 0 spiro atoms. The smallest absolute Gasteiger partial charge is 0.250 e. The number of hydrogen-bond acceptors (Lipinski definition) is 4. The molecule has 0 atom stereocenters. The van der Waals surface area contributed by atoms with Gasteiger partial charge in [-0.05, 0) is 18.2 Å². The highest BCUT2D eigenvalue weighted by molar-refractivity contribution is 6.03. The van der Waals surface area contributed by atoms with Crippen LogP contribution in [0.25, 0.3) is 0 Å². The minimum absolute atomic E-state index is 0.188. The zero-order valence-electron chi connectivity index (χ0n) is 15.0. The van der Waals surface area contributed by atoms with Crippen LogP contribution in [0.4, 0.5) is 10.1 Å². The lowest BCUT2D eigenvalue weighted by molar-refractivity contribution is -0.117. The van der Waals surface area contributed by atoms with Crippen molar-refractivity contribution < 1.29 is 14.0 Å². The Kier molecular flexibility index (Phi) is 6.16. The van der Waals surface area contributed by atoms with Gasteiger partial charge >= 0.3 is 0 Å². The lowest BCUT2D eigenvalue weighted by Crippen LogP contribution is -2.48. The van der Waals surface area contributed by atoms with Gasteiger partial charge in [-0.25, -0.2) is 4.39 Å². The van der Waals surface area contributed by atoms with Crippen molar-refractivity contribution in [3.63, 3.8) is 0 Å². The molecule has 7 heteroatoms. The van der Waals surface area contributed by atoms with E-state index in [2.05, 4.69) is 10.2 Å². The Morgan fingerprint density at radius 3 is 2.30 bits per heavy atom. The molecule has 0 aromatic heterocycles. The van der Waals surface area contributed by atoms with Gasteiger partial charge in [-0.15, -0.1) is 0 Å². The maximum atomic E-state index is 13.8. The van der Waals surface area contributed by atoms with Crippen LogP contribution in [0.15, 0.2) is 48.5 Å². The summed E-state index contributed by atoms with van der Waals surface area (Å²) < 4.78 is 13.8. The highest BCUT2D eigenvalue weighted by Crippen LogP contribution is 2.15. The van der Waals surface area contributed by atoms with E-state index >= 15 is 0 Å². The van der Waals surface area contributed by atoms with E-state index in [9.17, 15) is 14.0 Å². The number of rotatable bonds is 6. The molecule has 2 aromatic rings. The van der Waals surface area contributed by atoms with Gasteiger partial charge in [-0.2, -0.15) is 0 Å². The van der Waals surface area contributed by atoms with Crippen molar-refractivity contribution in [2.24, 2.45) is 5.73 Å². The molecular weight excluding hydrogens is 347 g/mol. The zero-order valence-corrected chi connectivity index (χ0v) is 15.0. The molecule has 1 saturated heterocycles. The van der Waals surface area contributed by atoms with Gasteiger partial charge in [-0.1, -0.05) is 30.3 Å². The molecule has 0 bridgehead atoms. The SMILES string of the molecule is NC(=O)c1ccccc1NC(=O)CN1CCN(Cc2ccccc2F)CC1. The predicted molar refractivity (Wildman–Crippen MR) is 102 cm³/mol. The first-order valence-electron chi connectivity index (χ1n) is 8.90. The Bertz CT molecular complexity index is 819. The van der Waals surface area contributed by atoms with Crippen LogP contribution in [-0.4, -0.2) is 54.3 Å². The fourth-order valence-electron chi connectivity index (χ4n) is 3.17. The molecule has 0 saturated carbocycles. The summed E-state index contributed by atoms with van der Waals surface area (Å²) in [5.74, 6) is -0.952. The van der Waals surface area contributed by atoms with E-state index in [0.717, 1.165) is 26.2 Å². The monoisotopic (exact) mass is 370 g/mol. The van der Waals surface area contributed by atoms with Crippen molar-refractivity contribution in [3.05, 3.63) is 65.5 Å². The van der Waals surface area contributed by atoms with Gasteiger partial charge in [0.05, 0.1) is 17.8 Å². The second-order valence-electron chi connectivity index (χ2n) is 6.60. The number of carbonyl (C=O) groups excluding carboxylic acids is 2. The average Bonchev–Trinajstić information content (AvgIpc) is 2.65. The van der Waals surface area contributed by atoms with Gasteiger partial charge in [0.15, 0.2) is 0 Å². The molecule has 0 aliphatic carbocycles. The number of nitrogens with one attached hydrogen (secondary N) is 1. The van der Waals surface area contributed by atoms with Crippen molar-refractivity contribution in [1.29, 1.82) is 0 Å². The molecule has 0 unspecified atom stereocenters. The molecule has 1 fully saturated rings. The van der Waals surface area contributed by atoms with Crippen molar-refractivity contribution >= 4 is 17.5 Å². The molecule has 3 N–H and O–H groups in total. The Morgan fingerprint density at radius 2 is 1.59 bits per heavy atom. The van der Waals surface area contributed by atoms with E-state index in [1.54, 1.807) is 36.4 Å². The van der Waals surface area contributed by atoms with Gasteiger partial charge < -0.3 is 11.1 Å². The standard InChI is InChI=1S/C20H23FN4O2/c21-17-7-3-1-5-15(17)13-24-9-11-25(12-10-24)14-19(26)23-18-8-4-2-6-16(18)20(22)27/h1-8H,9-14H2,(H2,22,27)(H,23,26). The molecule has 27 heavy (non-hydrogen) atoms. The molecule has 142 valence electrons. The molecular formula is C20H23FN4O2. The minimum atomic E-state index is -0.576. The van der Waals surface area contributed by atoms with E-state index in [1.165, 1.54) is 6.07 Å². The van der Waals surface area contributed by atoms with E-state index in [0.29, 0.717) is 23.4 Å². The van der Waals surface area contributed by atoms with Crippen LogP contribution >= 0.6 is 0 Å². The largest absolute Gasteiger partial charge is 0.366 e. The Balaban J connectivity index is 1.49. The lowest BCUT2D eigenvalue weighted by atomic mass is 10.1. The number of anilines is 1. The number of para-hydroxylation sites is 1. The summed E-state index contributed by atoms with van der Waals surface area (Å²) in [5, 5.41) is 2.75. The van der Waals surface area contributed by atoms with Crippen molar-refractivity contribution in [2.45, 2.75) is 6.54 Å². The number of nitrogens with zero attached hydrogens (tertiary/aromatic N) is 2. The molecule has 2 aromatic carbocycles.